The second-order valence-electron chi connectivity index (χ2n) is 6.94. The van der Waals surface area contributed by atoms with E-state index in [2.05, 4.69) is 15.9 Å². The molecule has 28 heavy (non-hydrogen) atoms. The van der Waals surface area contributed by atoms with Gasteiger partial charge in [-0.25, -0.2) is 4.68 Å². The Morgan fingerprint density at radius 2 is 1.68 bits per heavy atom. The first kappa shape index (κ1) is 18.7. The van der Waals surface area contributed by atoms with E-state index in [1.165, 1.54) is 6.42 Å². The van der Waals surface area contributed by atoms with Crippen LogP contribution < -0.4 is 0 Å². The topological polar surface area (TPSA) is 38.1 Å². The van der Waals surface area contributed by atoms with E-state index in [-0.39, 0.29) is 5.91 Å². The maximum atomic E-state index is 12.5. The standard InChI is InChI=1S/C23H22BrN3O/c24-20-12-9-18(10-13-20)23-19(11-14-22(28)26-15-5-2-6-16-26)17-27(25-23)21-7-3-1-4-8-21/h1,3-4,7-14,17H,2,5-6,15-16H2. The lowest BCUT2D eigenvalue weighted by Crippen LogP contribution is -2.34. The fourth-order valence-electron chi connectivity index (χ4n) is 3.44. The van der Waals surface area contributed by atoms with Crippen LogP contribution in [0.25, 0.3) is 23.0 Å². The third kappa shape index (κ3) is 4.25. The Morgan fingerprint density at radius 3 is 2.39 bits per heavy atom. The highest BCUT2D eigenvalue weighted by atomic mass is 79.9. The molecule has 0 unspecified atom stereocenters. The van der Waals surface area contributed by atoms with Crippen LogP contribution in [0, 0.1) is 0 Å². The summed E-state index contributed by atoms with van der Waals surface area (Å²) in [6, 6.07) is 18.1. The fourth-order valence-corrected chi connectivity index (χ4v) is 3.70. The van der Waals surface area contributed by atoms with Crippen molar-refractivity contribution in [2.75, 3.05) is 13.1 Å². The molecular weight excluding hydrogens is 414 g/mol. The molecule has 1 saturated heterocycles. The van der Waals surface area contributed by atoms with Crippen molar-refractivity contribution in [3.63, 3.8) is 0 Å². The van der Waals surface area contributed by atoms with Gasteiger partial charge in [-0.15, -0.1) is 0 Å². The molecule has 3 aromatic rings. The van der Waals surface area contributed by atoms with Crippen molar-refractivity contribution < 1.29 is 4.79 Å². The molecule has 4 rings (SSSR count). The van der Waals surface area contributed by atoms with Gasteiger partial charge in [0.05, 0.1) is 11.4 Å². The predicted octanol–water partition coefficient (Wildman–Crippen LogP) is 5.33. The number of piperidine rings is 1. The number of hydrogen-bond acceptors (Lipinski definition) is 2. The number of aromatic nitrogens is 2. The average Bonchev–Trinajstić information content (AvgIpc) is 3.18. The summed E-state index contributed by atoms with van der Waals surface area (Å²) >= 11 is 3.48. The van der Waals surface area contributed by atoms with Crippen molar-refractivity contribution >= 4 is 27.9 Å². The van der Waals surface area contributed by atoms with Crippen molar-refractivity contribution in [3.8, 4) is 16.9 Å². The van der Waals surface area contributed by atoms with E-state index in [0.717, 1.165) is 52.9 Å². The fraction of sp³-hybridized carbons (Fsp3) is 0.217. The van der Waals surface area contributed by atoms with Crippen LogP contribution >= 0.6 is 15.9 Å². The Labute approximate surface area is 173 Å². The van der Waals surface area contributed by atoms with Gasteiger partial charge < -0.3 is 4.90 Å². The molecule has 0 aliphatic carbocycles. The van der Waals surface area contributed by atoms with E-state index < -0.39 is 0 Å². The van der Waals surface area contributed by atoms with Crippen LogP contribution in [0.3, 0.4) is 0 Å². The van der Waals surface area contributed by atoms with E-state index >= 15 is 0 Å². The lowest BCUT2D eigenvalue weighted by Gasteiger charge is -2.25. The Balaban J connectivity index is 1.67. The molecule has 1 aliphatic heterocycles. The van der Waals surface area contributed by atoms with Gasteiger partial charge in [-0.1, -0.05) is 46.3 Å². The van der Waals surface area contributed by atoms with Gasteiger partial charge >= 0.3 is 0 Å². The first-order chi connectivity index (χ1) is 13.7. The molecule has 1 aromatic heterocycles. The minimum Gasteiger partial charge on any atom is -0.339 e. The zero-order valence-electron chi connectivity index (χ0n) is 15.6. The van der Waals surface area contributed by atoms with Crippen LogP contribution in [0.15, 0.2) is 71.3 Å². The SMILES string of the molecule is O=C(C=Cc1cn(-c2ccccc2)nc1-c1ccc(Br)cc1)N1CCCCC1. The second-order valence-corrected chi connectivity index (χ2v) is 7.86. The molecule has 2 aromatic carbocycles. The van der Waals surface area contributed by atoms with Gasteiger partial charge in [-0.05, 0) is 49.6 Å². The lowest BCUT2D eigenvalue weighted by atomic mass is 10.1. The van der Waals surface area contributed by atoms with E-state index in [4.69, 9.17) is 5.10 Å². The number of carbonyl (C=O) groups is 1. The summed E-state index contributed by atoms with van der Waals surface area (Å²) in [5.74, 6) is 0.0777. The number of halogens is 1. The molecule has 142 valence electrons. The van der Waals surface area contributed by atoms with Crippen LogP contribution in [-0.4, -0.2) is 33.7 Å². The maximum absolute atomic E-state index is 12.5. The highest BCUT2D eigenvalue weighted by molar-refractivity contribution is 9.10. The molecule has 0 saturated carbocycles. The van der Waals surface area contributed by atoms with Crippen LogP contribution in [0.2, 0.25) is 0 Å². The molecule has 0 atom stereocenters. The van der Waals surface area contributed by atoms with Gasteiger partial charge in [-0.2, -0.15) is 5.10 Å². The first-order valence-electron chi connectivity index (χ1n) is 9.59. The molecule has 0 radical (unpaired) electrons. The third-order valence-electron chi connectivity index (χ3n) is 4.95. The van der Waals surface area contributed by atoms with Crippen molar-refractivity contribution in [1.29, 1.82) is 0 Å². The molecule has 4 nitrogen and oxygen atoms in total. The van der Waals surface area contributed by atoms with E-state index in [0.29, 0.717) is 0 Å². The van der Waals surface area contributed by atoms with Gasteiger partial charge in [0.2, 0.25) is 5.91 Å². The zero-order chi connectivity index (χ0) is 19.3. The second kappa shape index (κ2) is 8.57. The van der Waals surface area contributed by atoms with E-state index in [9.17, 15) is 4.79 Å². The highest BCUT2D eigenvalue weighted by Gasteiger charge is 2.15. The van der Waals surface area contributed by atoms with Crippen molar-refractivity contribution in [2.45, 2.75) is 19.3 Å². The van der Waals surface area contributed by atoms with Crippen molar-refractivity contribution in [3.05, 3.63) is 76.9 Å². The number of likely N-dealkylation sites (tertiary alicyclic amines) is 1. The molecule has 1 fully saturated rings. The summed E-state index contributed by atoms with van der Waals surface area (Å²) in [5.41, 5.74) is 3.79. The summed E-state index contributed by atoms with van der Waals surface area (Å²) in [4.78, 5) is 14.5. The van der Waals surface area contributed by atoms with Crippen LogP contribution in [0.5, 0.6) is 0 Å². The molecule has 0 bridgehead atoms. The number of nitrogens with zero attached hydrogens (tertiary/aromatic N) is 3. The van der Waals surface area contributed by atoms with E-state index in [1.54, 1.807) is 6.08 Å². The highest BCUT2D eigenvalue weighted by Crippen LogP contribution is 2.26. The molecule has 1 amide bonds. The van der Waals surface area contributed by atoms with Gasteiger partial charge in [0, 0.05) is 41.0 Å². The average molecular weight is 436 g/mol. The van der Waals surface area contributed by atoms with Crippen LogP contribution in [0.1, 0.15) is 24.8 Å². The number of benzene rings is 2. The van der Waals surface area contributed by atoms with Gasteiger partial charge in [0.15, 0.2) is 0 Å². The van der Waals surface area contributed by atoms with Gasteiger partial charge in [0.25, 0.3) is 0 Å². The Morgan fingerprint density at radius 1 is 0.964 bits per heavy atom. The Kier molecular flexibility index (Phi) is 5.72. The number of amides is 1. The molecule has 2 heterocycles. The summed E-state index contributed by atoms with van der Waals surface area (Å²) in [7, 11) is 0. The summed E-state index contributed by atoms with van der Waals surface area (Å²) in [6.07, 6.45) is 8.95. The van der Waals surface area contributed by atoms with Gasteiger partial charge in [-0.3, -0.25) is 4.79 Å². The Hall–Kier alpha value is -2.66. The normalized spacial score (nSPS) is 14.5. The minimum atomic E-state index is 0.0777. The monoisotopic (exact) mass is 435 g/mol. The molecule has 1 aliphatic rings. The number of hydrogen-bond donors (Lipinski definition) is 0. The summed E-state index contributed by atoms with van der Waals surface area (Å²) in [6.45, 7) is 1.71. The van der Waals surface area contributed by atoms with E-state index in [1.807, 2.05) is 76.5 Å². The predicted molar refractivity (Wildman–Crippen MR) is 116 cm³/mol. The lowest BCUT2D eigenvalue weighted by molar-refractivity contribution is -0.126. The molecule has 0 spiro atoms. The maximum Gasteiger partial charge on any atom is 0.246 e. The number of rotatable bonds is 4. The summed E-state index contributed by atoms with van der Waals surface area (Å²) < 4.78 is 2.89. The summed E-state index contributed by atoms with van der Waals surface area (Å²) in [5, 5.41) is 4.80. The zero-order valence-corrected chi connectivity index (χ0v) is 17.2. The smallest absolute Gasteiger partial charge is 0.246 e. The van der Waals surface area contributed by atoms with Crippen molar-refractivity contribution in [1.82, 2.24) is 14.7 Å². The van der Waals surface area contributed by atoms with Crippen molar-refractivity contribution in [2.24, 2.45) is 0 Å². The Bertz CT molecular complexity index is 971. The minimum absolute atomic E-state index is 0.0777. The largest absolute Gasteiger partial charge is 0.339 e. The third-order valence-corrected chi connectivity index (χ3v) is 5.48. The van der Waals surface area contributed by atoms with Gasteiger partial charge in [0.1, 0.15) is 0 Å². The molecule has 5 heteroatoms. The van der Waals surface area contributed by atoms with Crippen LogP contribution in [0.4, 0.5) is 0 Å². The van der Waals surface area contributed by atoms with Crippen LogP contribution in [-0.2, 0) is 4.79 Å². The first-order valence-corrected chi connectivity index (χ1v) is 10.4. The number of para-hydroxylation sites is 1. The number of carbonyl (C=O) groups excluding carboxylic acids is 1. The quantitative estimate of drug-likeness (QED) is 0.519. The molecular formula is C23H22BrN3O. The molecule has 0 N–H and O–H groups in total.